The second-order valence-corrected chi connectivity index (χ2v) is 1.34. The molecule has 0 saturated heterocycles. The van der Waals surface area contributed by atoms with Gasteiger partial charge in [0.05, 0.1) is 0 Å². The van der Waals surface area contributed by atoms with Crippen LogP contribution in [-0.2, 0) is 10.4 Å². The molecule has 0 aliphatic carbocycles. The van der Waals surface area contributed by atoms with Crippen molar-refractivity contribution >= 4 is 111 Å². The Morgan fingerprint density at radius 2 is 1.25 bits per heavy atom. The maximum absolute atomic E-state index is 8.74. The van der Waals surface area contributed by atoms with Crippen LogP contribution in [0.4, 0.5) is 0 Å². The van der Waals surface area contributed by atoms with Crippen LogP contribution in [0.1, 0.15) is 5.71 Å². The molecule has 8 heteroatoms. The number of hydrogen-bond donors (Lipinski definition) is 2. The van der Waals surface area contributed by atoms with Gasteiger partial charge >= 0.3 is 93.6 Å². The average molecular weight is 260 g/mol. The van der Waals surface area contributed by atoms with Crippen LogP contribution in [0.3, 0.4) is 0 Å². The average Bonchev–Trinajstić information content (AvgIpc) is 0.722. The molecule has 0 aliphatic heterocycles. The van der Waals surface area contributed by atoms with E-state index < -0.39 is 10.4 Å². The van der Waals surface area contributed by atoms with Gasteiger partial charge in [0, 0.05) is 0 Å². The first-order chi connectivity index (χ1) is 2.00. The van der Waals surface area contributed by atoms with E-state index in [1.54, 1.807) is 0 Å². The summed E-state index contributed by atoms with van der Waals surface area (Å²) in [6.45, 7) is 0. The molecule has 0 unspecified atom stereocenters. The Morgan fingerprint density at radius 3 is 1.25 bits per heavy atom. The zero-order valence-corrected chi connectivity index (χ0v) is 10.0. The van der Waals surface area contributed by atoms with Gasteiger partial charge in [-0.1, -0.05) is 0 Å². The van der Waals surface area contributed by atoms with Crippen LogP contribution in [0.5, 0.6) is 0 Å². The van der Waals surface area contributed by atoms with Crippen LogP contribution in [-0.4, -0.2) is 118 Å². The fraction of sp³-hybridized carbons (Fsp3) is 0. The van der Waals surface area contributed by atoms with Crippen LogP contribution >= 0.6 is 0 Å². The molecule has 0 heterocycles. The fourth-order valence-electron chi connectivity index (χ4n) is 0. The van der Waals surface area contributed by atoms with Crippen molar-refractivity contribution in [3.8, 4) is 0 Å². The van der Waals surface area contributed by atoms with E-state index in [1.165, 1.54) is 0 Å². The minimum Gasteiger partial charge on any atom is -1.00 e. The Morgan fingerprint density at radius 1 is 1.25 bits per heavy atom. The molecule has 0 aromatic heterocycles. The summed E-state index contributed by atoms with van der Waals surface area (Å²) in [6, 6.07) is 0. The summed E-state index contributed by atoms with van der Waals surface area (Å²) in [5, 5.41) is 0. The molecule has 0 spiro atoms. The van der Waals surface area contributed by atoms with Crippen LogP contribution in [0, 0.1) is 0 Å². The maximum atomic E-state index is 8.74. The van der Waals surface area contributed by atoms with Crippen LogP contribution in [0.25, 0.3) is 0 Å². The van der Waals surface area contributed by atoms with E-state index in [9.17, 15) is 0 Å². The summed E-state index contributed by atoms with van der Waals surface area (Å²) in [4.78, 5) is 0. The number of hydrogen-bond acceptors (Lipinski definition) is 2. The van der Waals surface area contributed by atoms with Crippen molar-refractivity contribution in [1.82, 2.24) is 0 Å². The molecule has 8 heavy (non-hydrogen) atoms. The van der Waals surface area contributed by atoms with Gasteiger partial charge in [0.15, 0.2) is 17.4 Å². The van der Waals surface area contributed by atoms with E-state index in [4.69, 9.17) is 17.5 Å². The second kappa shape index (κ2) is 10.1. The molecule has 0 aliphatic rings. The van der Waals surface area contributed by atoms with E-state index in [-0.39, 0.29) is 106 Å². The van der Waals surface area contributed by atoms with Crippen molar-refractivity contribution < 1.29 is 23.2 Å². The molecule has 46 valence electrons. The van der Waals surface area contributed by atoms with Gasteiger partial charge in [0.1, 0.15) is 0 Å². The van der Waals surface area contributed by atoms with Crippen molar-refractivity contribution in [2.75, 3.05) is 0 Å². The molecule has 2 N–H and O–H groups in total. The molecule has 0 bridgehead atoms. The van der Waals surface area contributed by atoms with E-state index >= 15 is 0 Å². The third kappa shape index (κ3) is 61.4. The molecular formula is H9AlCaO4SSr. The van der Waals surface area contributed by atoms with E-state index in [0.29, 0.717) is 0 Å². The van der Waals surface area contributed by atoms with Gasteiger partial charge in [0.2, 0.25) is 0 Å². The first-order valence-corrected chi connectivity index (χ1v) is 2.10. The van der Waals surface area contributed by atoms with Gasteiger partial charge in [-0.3, -0.25) is 9.11 Å². The molecular weight excluding hydrogens is 251 g/mol. The number of rotatable bonds is 0. The van der Waals surface area contributed by atoms with Crippen molar-refractivity contribution in [1.29, 1.82) is 0 Å². The largest absolute Gasteiger partial charge is 2.00 e. The zero-order chi connectivity index (χ0) is 4.50. The summed E-state index contributed by atoms with van der Waals surface area (Å²) in [5.41, 5.74) is 0. The minimum atomic E-state index is -4.67. The first kappa shape index (κ1) is 22.5. The maximum Gasteiger partial charge on any atom is 2.00 e. The predicted molar refractivity (Wildman–Crippen MR) is 40.1 cm³/mol. The summed E-state index contributed by atoms with van der Waals surface area (Å²) < 4.78 is 31.6. The fourth-order valence-corrected chi connectivity index (χ4v) is 0. The predicted octanol–water partition coefficient (Wildman–Crippen LogP) is -2.15. The summed E-state index contributed by atoms with van der Waals surface area (Å²) in [6.07, 6.45) is 0. The Kier molecular flexibility index (Phi) is 28.5. The van der Waals surface area contributed by atoms with E-state index in [0.717, 1.165) is 0 Å². The molecule has 0 aromatic carbocycles. The third-order valence-electron chi connectivity index (χ3n) is 0. The van der Waals surface area contributed by atoms with Gasteiger partial charge in [-0.05, 0) is 0 Å². The molecule has 0 radical (unpaired) electrons. The molecule has 4 nitrogen and oxygen atoms in total. The summed E-state index contributed by atoms with van der Waals surface area (Å²) >= 11 is 0. The van der Waals surface area contributed by atoms with Crippen LogP contribution < -0.4 is 0 Å². The SMILES string of the molecule is O=S(=O)(O)O.[AlH3].[Ca+2].[H-].[H-].[H-].[H-].[Sr+2]. The standard InChI is InChI=1S/Al.Ca.H2O4S.Sr.7H/c;;1-5(2,3)4;;;;;;;;/h;;(H2,1,2,3,4);;;;;;;;/q;+2;;+2;;;;4*-1. The Labute approximate surface area is 131 Å². The minimum absolute atomic E-state index is 0. The normalized spacial score (nSPS) is 7.25. The Bertz CT molecular complexity index is 110. The van der Waals surface area contributed by atoms with Gasteiger partial charge in [-0.25, -0.2) is 0 Å². The van der Waals surface area contributed by atoms with Crippen molar-refractivity contribution in [2.24, 2.45) is 0 Å². The van der Waals surface area contributed by atoms with E-state index in [1.807, 2.05) is 0 Å². The first-order valence-electron chi connectivity index (χ1n) is 0.698. The zero-order valence-electron chi connectivity index (χ0n) is 7.53. The summed E-state index contributed by atoms with van der Waals surface area (Å²) in [7, 11) is -4.67. The smallest absolute Gasteiger partial charge is 1.00 e. The quantitative estimate of drug-likeness (QED) is 0.384. The molecule has 0 amide bonds. The Balaban J connectivity index is -0.00000000381. The molecule has 0 fully saturated rings. The van der Waals surface area contributed by atoms with Gasteiger partial charge in [-0.15, -0.1) is 0 Å². The van der Waals surface area contributed by atoms with Crippen LogP contribution in [0.15, 0.2) is 0 Å². The second-order valence-electron chi connectivity index (χ2n) is 0.448. The van der Waals surface area contributed by atoms with Gasteiger partial charge in [0.25, 0.3) is 0 Å². The topological polar surface area (TPSA) is 74.6 Å². The van der Waals surface area contributed by atoms with Crippen molar-refractivity contribution in [3.05, 3.63) is 0 Å². The monoisotopic (exact) mass is 260 g/mol. The summed E-state index contributed by atoms with van der Waals surface area (Å²) in [5.74, 6) is 0. The van der Waals surface area contributed by atoms with Gasteiger partial charge in [-0.2, -0.15) is 8.42 Å². The van der Waals surface area contributed by atoms with Gasteiger partial charge < -0.3 is 5.71 Å². The van der Waals surface area contributed by atoms with Crippen LogP contribution in [0.2, 0.25) is 0 Å². The molecule has 0 atom stereocenters. The third-order valence-corrected chi connectivity index (χ3v) is 0. The van der Waals surface area contributed by atoms with E-state index in [2.05, 4.69) is 0 Å². The molecule has 0 saturated carbocycles. The molecule has 0 rings (SSSR count). The van der Waals surface area contributed by atoms with Crippen molar-refractivity contribution in [3.63, 3.8) is 0 Å². The molecule has 0 aromatic rings. The van der Waals surface area contributed by atoms with Crippen molar-refractivity contribution in [2.45, 2.75) is 0 Å². The Hall–Kier alpha value is 3.14.